The highest BCUT2D eigenvalue weighted by atomic mass is 16.3. The Balaban J connectivity index is 2.71. The van der Waals surface area contributed by atoms with Gasteiger partial charge in [-0.05, 0) is 44.7 Å². The zero-order chi connectivity index (χ0) is 13.1. The molecule has 0 aliphatic rings. The zero-order valence-electron chi connectivity index (χ0n) is 11.4. The lowest BCUT2D eigenvalue weighted by Crippen LogP contribution is -2.38. The van der Waals surface area contributed by atoms with Gasteiger partial charge in [-0.2, -0.15) is 0 Å². The summed E-state index contributed by atoms with van der Waals surface area (Å²) < 4.78 is 1.81. The van der Waals surface area contributed by atoms with E-state index in [0.29, 0.717) is 13.1 Å². The fourth-order valence-corrected chi connectivity index (χ4v) is 1.74. The van der Waals surface area contributed by atoms with Gasteiger partial charge in [-0.25, -0.2) is 4.68 Å². The van der Waals surface area contributed by atoms with Crippen LogP contribution < -0.4 is 0 Å². The molecular formula is C11H23N5O. The Morgan fingerprint density at radius 3 is 2.53 bits per heavy atom. The lowest BCUT2D eigenvalue weighted by Gasteiger charge is -2.27. The Hall–Kier alpha value is -1.01. The molecule has 1 aromatic rings. The molecule has 0 fully saturated rings. The predicted molar refractivity (Wildman–Crippen MR) is 65.5 cm³/mol. The van der Waals surface area contributed by atoms with Gasteiger partial charge in [0.15, 0.2) is 5.82 Å². The third-order valence-corrected chi connectivity index (χ3v) is 2.47. The topological polar surface area (TPSA) is 67.1 Å². The summed E-state index contributed by atoms with van der Waals surface area (Å²) in [6, 6.07) is 0.251. The van der Waals surface area contributed by atoms with E-state index < -0.39 is 5.60 Å². The minimum atomic E-state index is -0.702. The van der Waals surface area contributed by atoms with Crippen molar-refractivity contribution in [3.05, 3.63) is 5.82 Å². The van der Waals surface area contributed by atoms with Gasteiger partial charge in [0, 0.05) is 6.54 Å². The summed E-state index contributed by atoms with van der Waals surface area (Å²) >= 11 is 0. The molecule has 0 atom stereocenters. The van der Waals surface area contributed by atoms with Gasteiger partial charge in [-0.3, -0.25) is 4.90 Å². The Bertz CT molecular complexity index is 342. The second-order valence-corrected chi connectivity index (χ2v) is 5.25. The minimum absolute atomic E-state index is 0.251. The van der Waals surface area contributed by atoms with Crippen LogP contribution in [0.5, 0.6) is 0 Å². The van der Waals surface area contributed by atoms with Crippen molar-refractivity contribution in [3.63, 3.8) is 0 Å². The minimum Gasteiger partial charge on any atom is -0.389 e. The normalized spacial score (nSPS) is 12.7. The van der Waals surface area contributed by atoms with E-state index in [9.17, 15) is 5.11 Å². The summed E-state index contributed by atoms with van der Waals surface area (Å²) in [5.41, 5.74) is -0.702. The summed E-state index contributed by atoms with van der Waals surface area (Å²) in [5, 5.41) is 21.5. The molecular weight excluding hydrogens is 218 g/mol. The first-order valence-electron chi connectivity index (χ1n) is 6.05. The monoisotopic (exact) mass is 241 g/mol. The Labute approximate surface area is 103 Å². The van der Waals surface area contributed by atoms with E-state index in [1.54, 1.807) is 13.8 Å². The number of nitrogens with zero attached hydrogens (tertiary/aromatic N) is 5. The van der Waals surface area contributed by atoms with Crippen LogP contribution in [0.3, 0.4) is 0 Å². The molecule has 1 heterocycles. The molecule has 0 aliphatic heterocycles. The van der Waals surface area contributed by atoms with Crippen molar-refractivity contribution in [2.45, 2.75) is 52.8 Å². The predicted octanol–water partition coefficient (Wildman–Crippen LogP) is 0.847. The van der Waals surface area contributed by atoms with Crippen molar-refractivity contribution in [1.82, 2.24) is 25.1 Å². The smallest absolute Gasteiger partial charge is 0.165 e. The molecule has 0 radical (unpaired) electrons. The van der Waals surface area contributed by atoms with E-state index in [-0.39, 0.29) is 6.04 Å². The Kier molecular flexibility index (Phi) is 4.59. The Morgan fingerprint density at radius 1 is 1.41 bits per heavy atom. The first-order chi connectivity index (χ1) is 7.83. The van der Waals surface area contributed by atoms with Crippen LogP contribution in [0.1, 0.15) is 46.5 Å². The molecule has 0 saturated heterocycles. The van der Waals surface area contributed by atoms with E-state index >= 15 is 0 Å². The first kappa shape index (κ1) is 14.1. The van der Waals surface area contributed by atoms with E-state index in [1.807, 2.05) is 18.5 Å². The van der Waals surface area contributed by atoms with Crippen LogP contribution in [-0.4, -0.2) is 48.9 Å². The molecule has 0 saturated carbocycles. The molecule has 1 aromatic heterocycles. The van der Waals surface area contributed by atoms with Crippen LogP contribution in [-0.2, 0) is 6.54 Å². The van der Waals surface area contributed by atoms with Crippen LogP contribution >= 0.6 is 0 Å². The summed E-state index contributed by atoms with van der Waals surface area (Å²) in [4.78, 5) is 2.13. The lowest BCUT2D eigenvalue weighted by molar-refractivity contribution is 0.0340. The van der Waals surface area contributed by atoms with E-state index in [1.165, 1.54) is 0 Å². The van der Waals surface area contributed by atoms with Crippen molar-refractivity contribution in [1.29, 1.82) is 0 Å². The number of likely N-dealkylation sites (N-methyl/N-ethyl adjacent to an activating group) is 1. The maximum Gasteiger partial charge on any atom is 0.165 e. The van der Waals surface area contributed by atoms with E-state index in [0.717, 1.165) is 12.4 Å². The van der Waals surface area contributed by atoms with E-state index in [4.69, 9.17) is 0 Å². The van der Waals surface area contributed by atoms with Gasteiger partial charge in [0.25, 0.3) is 0 Å². The summed E-state index contributed by atoms with van der Waals surface area (Å²) in [6.45, 7) is 11.9. The number of aromatic nitrogens is 4. The van der Waals surface area contributed by atoms with Gasteiger partial charge in [0.2, 0.25) is 0 Å². The van der Waals surface area contributed by atoms with Crippen molar-refractivity contribution >= 4 is 0 Å². The molecule has 0 amide bonds. The summed E-state index contributed by atoms with van der Waals surface area (Å²) in [7, 11) is 0. The van der Waals surface area contributed by atoms with Gasteiger partial charge in [-0.1, -0.05) is 6.92 Å². The van der Waals surface area contributed by atoms with Gasteiger partial charge in [0.05, 0.1) is 18.2 Å². The van der Waals surface area contributed by atoms with Crippen LogP contribution in [0.2, 0.25) is 0 Å². The zero-order valence-corrected chi connectivity index (χ0v) is 11.4. The average Bonchev–Trinajstić information content (AvgIpc) is 2.62. The average molecular weight is 241 g/mol. The maximum atomic E-state index is 9.83. The molecule has 6 heteroatoms. The van der Waals surface area contributed by atoms with Crippen molar-refractivity contribution in [3.8, 4) is 0 Å². The third-order valence-electron chi connectivity index (χ3n) is 2.47. The number of rotatable bonds is 6. The Morgan fingerprint density at radius 2 is 2.06 bits per heavy atom. The fraction of sp³-hybridized carbons (Fsp3) is 0.909. The first-order valence-corrected chi connectivity index (χ1v) is 6.05. The quantitative estimate of drug-likeness (QED) is 0.799. The van der Waals surface area contributed by atoms with Gasteiger partial charge >= 0.3 is 0 Å². The second kappa shape index (κ2) is 5.55. The van der Waals surface area contributed by atoms with Crippen LogP contribution in [0.25, 0.3) is 0 Å². The number of tetrazole rings is 1. The van der Waals surface area contributed by atoms with Crippen LogP contribution in [0.4, 0.5) is 0 Å². The maximum absolute atomic E-state index is 9.83. The molecule has 1 rings (SSSR count). The molecule has 17 heavy (non-hydrogen) atoms. The summed E-state index contributed by atoms with van der Waals surface area (Å²) in [5.74, 6) is 0.839. The number of aliphatic hydroxyl groups is 1. The third kappa shape index (κ3) is 4.40. The van der Waals surface area contributed by atoms with Crippen molar-refractivity contribution in [2.24, 2.45) is 0 Å². The largest absolute Gasteiger partial charge is 0.389 e. The number of hydrogen-bond donors (Lipinski definition) is 1. The fourth-order valence-electron chi connectivity index (χ4n) is 1.74. The van der Waals surface area contributed by atoms with E-state index in [2.05, 4.69) is 27.3 Å². The highest BCUT2D eigenvalue weighted by Gasteiger charge is 2.19. The highest BCUT2D eigenvalue weighted by molar-refractivity contribution is 4.84. The van der Waals surface area contributed by atoms with Crippen molar-refractivity contribution < 1.29 is 5.11 Å². The van der Waals surface area contributed by atoms with Crippen LogP contribution in [0, 0.1) is 0 Å². The van der Waals surface area contributed by atoms with Gasteiger partial charge < -0.3 is 5.11 Å². The van der Waals surface area contributed by atoms with Crippen molar-refractivity contribution in [2.75, 3.05) is 13.1 Å². The number of hydrogen-bond acceptors (Lipinski definition) is 5. The highest BCUT2D eigenvalue weighted by Crippen LogP contribution is 2.10. The summed E-state index contributed by atoms with van der Waals surface area (Å²) in [6.07, 6.45) is 0. The molecule has 6 nitrogen and oxygen atoms in total. The molecule has 0 aromatic carbocycles. The lowest BCUT2D eigenvalue weighted by atomic mass is 10.1. The second-order valence-electron chi connectivity index (χ2n) is 5.25. The molecule has 0 unspecified atom stereocenters. The molecule has 0 bridgehead atoms. The van der Waals surface area contributed by atoms with Gasteiger partial charge in [-0.15, -0.1) is 5.10 Å². The SMILES string of the molecule is CCN(Cc1nnnn1C(C)C)CC(C)(C)O. The van der Waals surface area contributed by atoms with Crippen LogP contribution in [0.15, 0.2) is 0 Å². The molecule has 0 spiro atoms. The molecule has 0 aliphatic carbocycles. The molecule has 98 valence electrons. The molecule has 1 N–H and O–H groups in total. The standard InChI is InChI=1S/C11H23N5O/c1-6-15(8-11(4,5)17)7-10-12-13-14-16(10)9(2)3/h9,17H,6-8H2,1-5H3. The van der Waals surface area contributed by atoms with Gasteiger partial charge in [0.1, 0.15) is 0 Å².